The average molecular weight is 560 g/mol. The van der Waals surface area contributed by atoms with Crippen molar-refractivity contribution in [3.8, 4) is 0 Å². The minimum atomic E-state index is -0.832. The number of aryl methyl sites for hydroxylation is 1. The van der Waals surface area contributed by atoms with Gasteiger partial charge in [-0.1, -0.05) is 54.6 Å². The molecule has 3 heterocycles. The molecule has 2 fully saturated rings. The Bertz CT molecular complexity index is 1360. The van der Waals surface area contributed by atoms with Crippen LogP contribution in [-0.4, -0.2) is 69.5 Å². The van der Waals surface area contributed by atoms with Crippen molar-refractivity contribution < 1.29 is 19.2 Å². The molecule has 1 aromatic heterocycles. The second-order valence-electron chi connectivity index (χ2n) is 10.3. The molecule has 9 nitrogen and oxygen atoms in total. The Hall–Kier alpha value is -3.89. The number of benzene rings is 2. The highest BCUT2D eigenvalue weighted by Crippen LogP contribution is 2.29. The lowest BCUT2D eigenvalue weighted by atomic mass is 10.00. The summed E-state index contributed by atoms with van der Waals surface area (Å²) in [5.74, 6) is -0.917. The van der Waals surface area contributed by atoms with Crippen LogP contribution in [0.5, 0.6) is 0 Å². The second-order valence-corrected chi connectivity index (χ2v) is 11.2. The summed E-state index contributed by atoms with van der Waals surface area (Å²) in [5.41, 5.74) is 8.68. The molecule has 208 valence electrons. The molecular weight excluding hydrogens is 526 g/mol. The fourth-order valence-electron chi connectivity index (χ4n) is 5.60. The lowest BCUT2D eigenvalue weighted by Crippen LogP contribution is -2.60. The maximum Gasteiger partial charge on any atom is 0.243 e. The monoisotopic (exact) mass is 559 g/mol. The molecular formula is C30H33N5O4S. The van der Waals surface area contributed by atoms with Gasteiger partial charge in [0.05, 0.1) is 18.6 Å². The van der Waals surface area contributed by atoms with Crippen molar-refractivity contribution in [1.29, 1.82) is 0 Å². The fraction of sp³-hybridized carbons (Fsp3) is 0.367. The SMILES string of the molecule is NCc1cccc(CC(NC(=O)C2CCC3CN(C(=O)CCc4ccccc4)CC(=O)N32)C(=O)c2nccs2)c1. The molecule has 3 N–H and O–H groups in total. The number of ketones is 1. The molecule has 2 aliphatic heterocycles. The number of nitrogens with zero attached hydrogens (tertiary/aromatic N) is 3. The van der Waals surface area contributed by atoms with E-state index in [1.54, 1.807) is 21.4 Å². The molecule has 10 heteroatoms. The summed E-state index contributed by atoms with van der Waals surface area (Å²) in [6, 6.07) is 15.7. The van der Waals surface area contributed by atoms with Gasteiger partial charge in [-0.05, 0) is 36.0 Å². The van der Waals surface area contributed by atoms with Gasteiger partial charge in [0.15, 0.2) is 5.01 Å². The zero-order chi connectivity index (χ0) is 28.1. The first kappa shape index (κ1) is 27.7. The van der Waals surface area contributed by atoms with Crippen molar-refractivity contribution in [3.05, 3.63) is 87.9 Å². The molecule has 3 atom stereocenters. The third kappa shape index (κ3) is 6.29. The number of nitrogens with one attached hydrogen (secondary N) is 1. The Kier molecular flexibility index (Phi) is 8.66. The number of fused-ring (bicyclic) bond motifs is 1. The highest BCUT2D eigenvalue weighted by atomic mass is 32.1. The van der Waals surface area contributed by atoms with Gasteiger partial charge in [-0.3, -0.25) is 19.2 Å². The summed E-state index contributed by atoms with van der Waals surface area (Å²) in [6.07, 6.45) is 3.90. The summed E-state index contributed by atoms with van der Waals surface area (Å²) in [5, 5.41) is 4.98. The molecule has 3 aromatic rings. The molecule has 3 amide bonds. The van der Waals surface area contributed by atoms with Crippen LogP contribution in [-0.2, 0) is 33.8 Å². The summed E-state index contributed by atoms with van der Waals surface area (Å²) >= 11 is 1.23. The Balaban J connectivity index is 1.24. The number of hydrogen-bond acceptors (Lipinski definition) is 7. The van der Waals surface area contributed by atoms with Crippen LogP contribution in [0.4, 0.5) is 0 Å². The minimum absolute atomic E-state index is 0.0404. The number of nitrogens with two attached hydrogens (primary N) is 1. The van der Waals surface area contributed by atoms with Gasteiger partial charge in [-0.2, -0.15) is 0 Å². The van der Waals surface area contributed by atoms with E-state index in [4.69, 9.17) is 5.73 Å². The third-order valence-corrected chi connectivity index (χ3v) is 8.40. The van der Waals surface area contributed by atoms with E-state index in [1.807, 2.05) is 54.6 Å². The van der Waals surface area contributed by atoms with Crippen molar-refractivity contribution >= 4 is 34.8 Å². The predicted molar refractivity (Wildman–Crippen MR) is 151 cm³/mol. The topological polar surface area (TPSA) is 126 Å². The molecule has 0 saturated carbocycles. The van der Waals surface area contributed by atoms with Crippen molar-refractivity contribution in [2.45, 2.75) is 56.8 Å². The van der Waals surface area contributed by atoms with Gasteiger partial charge in [0.25, 0.3) is 0 Å². The van der Waals surface area contributed by atoms with E-state index in [-0.39, 0.29) is 42.5 Å². The van der Waals surface area contributed by atoms with Crippen molar-refractivity contribution in [1.82, 2.24) is 20.1 Å². The zero-order valence-electron chi connectivity index (χ0n) is 22.2. The van der Waals surface area contributed by atoms with E-state index in [9.17, 15) is 19.2 Å². The summed E-state index contributed by atoms with van der Waals surface area (Å²) in [6.45, 7) is 0.745. The van der Waals surface area contributed by atoms with Crippen LogP contribution in [0.2, 0.25) is 0 Å². The molecule has 2 aliphatic rings. The van der Waals surface area contributed by atoms with Crippen LogP contribution in [0.1, 0.15) is 45.8 Å². The van der Waals surface area contributed by atoms with E-state index in [0.717, 1.165) is 16.7 Å². The normalized spacial score (nSPS) is 19.3. The number of carbonyl (C=O) groups is 4. The number of Topliss-reactive ketones (excluding diaryl/α,β-unsaturated/α-hetero) is 1. The first-order chi connectivity index (χ1) is 19.4. The second kappa shape index (κ2) is 12.5. The Morgan fingerprint density at radius 1 is 1.05 bits per heavy atom. The third-order valence-electron chi connectivity index (χ3n) is 7.62. The van der Waals surface area contributed by atoms with E-state index >= 15 is 0 Å². The highest BCUT2D eigenvalue weighted by molar-refractivity contribution is 7.11. The van der Waals surface area contributed by atoms with Gasteiger partial charge >= 0.3 is 0 Å². The van der Waals surface area contributed by atoms with E-state index in [0.29, 0.717) is 43.8 Å². The van der Waals surface area contributed by atoms with Crippen LogP contribution in [0.3, 0.4) is 0 Å². The van der Waals surface area contributed by atoms with Gasteiger partial charge in [0.2, 0.25) is 23.5 Å². The smallest absolute Gasteiger partial charge is 0.243 e. The van der Waals surface area contributed by atoms with Crippen molar-refractivity contribution in [2.24, 2.45) is 5.73 Å². The van der Waals surface area contributed by atoms with Gasteiger partial charge in [-0.25, -0.2) is 4.98 Å². The number of amides is 3. The summed E-state index contributed by atoms with van der Waals surface area (Å²) in [4.78, 5) is 60.4. The average Bonchev–Trinajstić information content (AvgIpc) is 3.67. The van der Waals surface area contributed by atoms with Gasteiger partial charge < -0.3 is 20.9 Å². The number of thiazole rings is 1. The molecule has 0 radical (unpaired) electrons. The van der Waals surface area contributed by atoms with Gasteiger partial charge in [-0.15, -0.1) is 11.3 Å². The number of carbonyl (C=O) groups excluding carboxylic acids is 4. The van der Waals surface area contributed by atoms with Crippen LogP contribution in [0.15, 0.2) is 66.2 Å². The highest BCUT2D eigenvalue weighted by Gasteiger charge is 2.46. The molecule has 0 bridgehead atoms. The van der Waals surface area contributed by atoms with E-state index in [1.165, 1.54) is 11.3 Å². The van der Waals surface area contributed by atoms with Gasteiger partial charge in [0, 0.05) is 37.5 Å². The Morgan fingerprint density at radius 2 is 1.82 bits per heavy atom. The molecule has 0 aliphatic carbocycles. The predicted octanol–water partition coefficient (Wildman–Crippen LogP) is 2.35. The minimum Gasteiger partial charge on any atom is -0.344 e. The Labute approximate surface area is 237 Å². The first-order valence-electron chi connectivity index (χ1n) is 13.6. The van der Waals surface area contributed by atoms with Gasteiger partial charge in [0.1, 0.15) is 6.04 Å². The summed E-state index contributed by atoms with van der Waals surface area (Å²) in [7, 11) is 0. The largest absolute Gasteiger partial charge is 0.344 e. The quantitative estimate of drug-likeness (QED) is 0.368. The van der Waals surface area contributed by atoms with Crippen molar-refractivity contribution in [3.63, 3.8) is 0 Å². The zero-order valence-corrected chi connectivity index (χ0v) is 23.0. The number of hydrogen-bond donors (Lipinski definition) is 2. The number of rotatable bonds is 10. The van der Waals surface area contributed by atoms with Crippen LogP contribution >= 0.6 is 11.3 Å². The lowest BCUT2D eigenvalue weighted by molar-refractivity contribution is -0.151. The lowest BCUT2D eigenvalue weighted by Gasteiger charge is -2.39. The van der Waals surface area contributed by atoms with Crippen molar-refractivity contribution in [2.75, 3.05) is 13.1 Å². The van der Waals surface area contributed by atoms with Crippen LogP contribution in [0.25, 0.3) is 0 Å². The van der Waals surface area contributed by atoms with Crippen LogP contribution < -0.4 is 11.1 Å². The molecule has 2 aromatic carbocycles. The Morgan fingerprint density at radius 3 is 2.58 bits per heavy atom. The summed E-state index contributed by atoms with van der Waals surface area (Å²) < 4.78 is 0. The molecule has 40 heavy (non-hydrogen) atoms. The maximum absolute atomic E-state index is 13.5. The standard InChI is InChI=1S/C30H33N5O4S/c31-17-22-8-4-7-21(15-22)16-24(28(38)30-32-13-14-40-30)33-29(39)25-11-10-23-18-34(19-27(37)35(23)25)26(36)12-9-20-5-2-1-3-6-20/h1-8,13-15,23-25H,9-12,16-19,31H2,(H,33,39). The molecule has 3 unspecified atom stereocenters. The molecule has 2 saturated heterocycles. The van der Waals surface area contributed by atoms with E-state index < -0.39 is 12.1 Å². The molecule has 0 spiro atoms. The van der Waals surface area contributed by atoms with E-state index in [2.05, 4.69) is 10.3 Å². The number of piperazine rings is 1. The molecule has 5 rings (SSSR count). The first-order valence-corrected chi connectivity index (χ1v) is 14.5. The number of aromatic nitrogens is 1. The fourth-order valence-corrected chi connectivity index (χ4v) is 6.23. The van der Waals surface area contributed by atoms with Crippen LogP contribution in [0, 0.1) is 0 Å². The maximum atomic E-state index is 13.5.